The van der Waals surface area contributed by atoms with E-state index in [0.29, 0.717) is 25.5 Å². The zero-order chi connectivity index (χ0) is 23.4. The summed E-state index contributed by atoms with van der Waals surface area (Å²) in [7, 11) is -3.72. The van der Waals surface area contributed by atoms with Crippen LogP contribution in [0.4, 0.5) is 17.3 Å². The van der Waals surface area contributed by atoms with Crippen LogP contribution >= 0.6 is 0 Å². The summed E-state index contributed by atoms with van der Waals surface area (Å²) in [5.74, 6) is 1.51. The van der Waals surface area contributed by atoms with Crippen LogP contribution in [-0.4, -0.2) is 103 Å². The van der Waals surface area contributed by atoms with Crippen molar-refractivity contribution < 1.29 is 18.4 Å². The highest BCUT2D eigenvalue weighted by Crippen LogP contribution is 2.23. The molecule has 2 aliphatic heterocycles. The third-order valence-corrected chi connectivity index (χ3v) is 7.91. The SMILES string of the molecule is O=[N+]([O-])c1ccc(S(=O)(=O)N2CCN(c3ccc(N4CCN(CCO)CC4)nn3)CC2)cc1. The molecule has 0 atom stereocenters. The van der Waals surface area contributed by atoms with E-state index in [-0.39, 0.29) is 30.3 Å². The number of piperazine rings is 2. The number of sulfonamides is 1. The summed E-state index contributed by atoms with van der Waals surface area (Å²) in [6, 6.07) is 8.79. The maximum Gasteiger partial charge on any atom is 0.269 e. The molecule has 2 saturated heterocycles. The highest BCUT2D eigenvalue weighted by molar-refractivity contribution is 7.89. The summed E-state index contributed by atoms with van der Waals surface area (Å²) in [5.41, 5.74) is -0.146. The highest BCUT2D eigenvalue weighted by atomic mass is 32.2. The molecule has 33 heavy (non-hydrogen) atoms. The second-order valence-corrected chi connectivity index (χ2v) is 9.88. The lowest BCUT2D eigenvalue weighted by atomic mass is 10.3. The van der Waals surface area contributed by atoms with E-state index < -0.39 is 14.9 Å². The Hall–Kier alpha value is -2.87. The van der Waals surface area contributed by atoms with Gasteiger partial charge in [0.05, 0.1) is 16.4 Å². The average Bonchev–Trinajstić information content (AvgIpc) is 2.85. The van der Waals surface area contributed by atoms with Crippen molar-refractivity contribution in [3.05, 3.63) is 46.5 Å². The first-order valence-corrected chi connectivity index (χ1v) is 12.2. The molecule has 0 radical (unpaired) electrons. The van der Waals surface area contributed by atoms with Crippen molar-refractivity contribution in [2.45, 2.75) is 4.90 Å². The van der Waals surface area contributed by atoms with Gasteiger partial charge in [-0.15, -0.1) is 10.2 Å². The number of hydrogen-bond acceptors (Lipinski definition) is 10. The monoisotopic (exact) mass is 477 g/mol. The van der Waals surface area contributed by atoms with Crippen molar-refractivity contribution in [3.63, 3.8) is 0 Å². The number of nitrogens with zero attached hydrogens (tertiary/aromatic N) is 7. The summed E-state index contributed by atoms with van der Waals surface area (Å²) >= 11 is 0. The standard InChI is InChI=1S/C20H27N7O5S/c28-16-15-23-7-9-24(10-8-23)19-5-6-20(22-21-19)25-11-13-26(14-12-25)33(31,32)18-3-1-17(2-4-18)27(29)30/h1-6,28H,7-16H2. The van der Waals surface area contributed by atoms with E-state index in [1.165, 1.54) is 28.6 Å². The molecule has 2 aromatic rings. The zero-order valence-corrected chi connectivity index (χ0v) is 19.0. The molecule has 1 aromatic heterocycles. The number of nitro groups is 1. The van der Waals surface area contributed by atoms with Crippen molar-refractivity contribution in [2.75, 3.05) is 75.3 Å². The summed E-state index contributed by atoms with van der Waals surface area (Å²) in [4.78, 5) is 16.7. The quantitative estimate of drug-likeness (QED) is 0.429. The van der Waals surface area contributed by atoms with Crippen LogP contribution in [0.5, 0.6) is 0 Å². The van der Waals surface area contributed by atoms with Gasteiger partial charge in [-0.05, 0) is 24.3 Å². The van der Waals surface area contributed by atoms with Crippen molar-refractivity contribution in [1.82, 2.24) is 19.4 Å². The second kappa shape index (κ2) is 9.95. The molecule has 1 N–H and O–H groups in total. The molecule has 0 saturated carbocycles. The predicted molar refractivity (Wildman–Crippen MR) is 122 cm³/mol. The van der Waals surface area contributed by atoms with Crippen molar-refractivity contribution in [2.24, 2.45) is 0 Å². The van der Waals surface area contributed by atoms with Crippen LogP contribution in [0.1, 0.15) is 0 Å². The smallest absolute Gasteiger partial charge is 0.269 e. The van der Waals surface area contributed by atoms with Gasteiger partial charge in [0, 0.05) is 71.0 Å². The number of non-ortho nitro benzene ring substituents is 1. The molecule has 1 aromatic carbocycles. The van der Waals surface area contributed by atoms with Gasteiger partial charge < -0.3 is 14.9 Å². The van der Waals surface area contributed by atoms with E-state index >= 15 is 0 Å². The number of hydrogen-bond donors (Lipinski definition) is 1. The van der Waals surface area contributed by atoms with E-state index in [1.54, 1.807) is 0 Å². The fourth-order valence-corrected chi connectivity index (χ4v) is 5.47. The number of nitro benzene ring substituents is 1. The molecule has 0 spiro atoms. The summed E-state index contributed by atoms with van der Waals surface area (Å²) in [6.45, 7) is 5.76. The molecule has 0 amide bonds. The first-order chi connectivity index (χ1) is 15.9. The number of aliphatic hydroxyl groups is 1. The van der Waals surface area contributed by atoms with Crippen LogP contribution in [0, 0.1) is 10.1 Å². The number of rotatable bonds is 7. The molecular weight excluding hydrogens is 450 g/mol. The van der Waals surface area contributed by atoms with Crippen molar-refractivity contribution in [1.29, 1.82) is 0 Å². The maximum absolute atomic E-state index is 12.9. The third kappa shape index (κ3) is 5.21. The highest BCUT2D eigenvalue weighted by Gasteiger charge is 2.29. The van der Waals surface area contributed by atoms with E-state index in [2.05, 4.69) is 20.0 Å². The molecular formula is C20H27N7O5S. The average molecular weight is 478 g/mol. The Labute approximate surface area is 192 Å². The summed E-state index contributed by atoms with van der Waals surface area (Å²) < 4.78 is 27.2. The Morgan fingerprint density at radius 3 is 1.82 bits per heavy atom. The molecule has 2 fully saturated rings. The minimum Gasteiger partial charge on any atom is -0.395 e. The summed E-state index contributed by atoms with van der Waals surface area (Å²) in [6.07, 6.45) is 0. The van der Waals surface area contributed by atoms with E-state index in [4.69, 9.17) is 5.11 Å². The van der Waals surface area contributed by atoms with Crippen LogP contribution in [0.3, 0.4) is 0 Å². The first kappa shape index (κ1) is 23.3. The summed E-state index contributed by atoms with van der Waals surface area (Å²) in [5, 5.41) is 28.6. The van der Waals surface area contributed by atoms with Gasteiger partial charge >= 0.3 is 0 Å². The van der Waals surface area contributed by atoms with Gasteiger partial charge in [0.1, 0.15) is 0 Å². The number of anilines is 2. The largest absolute Gasteiger partial charge is 0.395 e. The van der Waals surface area contributed by atoms with Gasteiger partial charge in [-0.1, -0.05) is 0 Å². The van der Waals surface area contributed by atoms with Gasteiger partial charge in [-0.2, -0.15) is 4.31 Å². The van der Waals surface area contributed by atoms with Crippen molar-refractivity contribution in [3.8, 4) is 0 Å². The molecule has 13 heteroatoms. The normalized spacial score (nSPS) is 18.5. The number of aromatic nitrogens is 2. The molecule has 0 bridgehead atoms. The minimum atomic E-state index is -3.72. The third-order valence-electron chi connectivity index (χ3n) is 6.00. The number of β-amino-alcohol motifs (C(OH)–C–C–N with tert-alkyl or cyclic N) is 1. The van der Waals surface area contributed by atoms with Gasteiger partial charge in [0.25, 0.3) is 5.69 Å². The van der Waals surface area contributed by atoms with Crippen LogP contribution in [0.15, 0.2) is 41.3 Å². The van der Waals surface area contributed by atoms with E-state index in [1.807, 2.05) is 17.0 Å². The van der Waals surface area contributed by atoms with Gasteiger partial charge in [-0.25, -0.2) is 8.42 Å². The number of benzene rings is 1. The Kier molecular flexibility index (Phi) is 7.02. The van der Waals surface area contributed by atoms with Crippen molar-refractivity contribution >= 4 is 27.3 Å². The molecule has 4 rings (SSSR count). The molecule has 3 heterocycles. The van der Waals surface area contributed by atoms with E-state index in [0.717, 1.165) is 32.0 Å². The van der Waals surface area contributed by atoms with Gasteiger partial charge in [0.2, 0.25) is 10.0 Å². The lowest BCUT2D eigenvalue weighted by molar-refractivity contribution is -0.384. The van der Waals surface area contributed by atoms with E-state index in [9.17, 15) is 18.5 Å². The molecule has 0 aliphatic carbocycles. The lowest BCUT2D eigenvalue weighted by Gasteiger charge is -2.36. The maximum atomic E-state index is 12.9. The van der Waals surface area contributed by atoms with Crippen LogP contribution in [0.25, 0.3) is 0 Å². The molecule has 178 valence electrons. The van der Waals surface area contributed by atoms with Crippen LogP contribution in [-0.2, 0) is 10.0 Å². The predicted octanol–water partition coefficient (Wildman–Crippen LogP) is 0.0100. The Morgan fingerprint density at radius 1 is 0.848 bits per heavy atom. The van der Waals surface area contributed by atoms with Gasteiger partial charge in [0.15, 0.2) is 11.6 Å². The minimum absolute atomic E-state index is 0.0461. The molecule has 0 unspecified atom stereocenters. The Morgan fingerprint density at radius 2 is 1.36 bits per heavy atom. The fourth-order valence-electron chi connectivity index (χ4n) is 4.04. The van der Waals surface area contributed by atoms with Crippen LogP contribution < -0.4 is 9.80 Å². The van der Waals surface area contributed by atoms with Crippen LogP contribution in [0.2, 0.25) is 0 Å². The first-order valence-electron chi connectivity index (χ1n) is 10.8. The molecule has 2 aliphatic rings. The number of aliphatic hydroxyl groups excluding tert-OH is 1. The molecule has 12 nitrogen and oxygen atoms in total. The zero-order valence-electron chi connectivity index (χ0n) is 18.2. The second-order valence-electron chi connectivity index (χ2n) is 7.94. The lowest BCUT2D eigenvalue weighted by Crippen LogP contribution is -2.49. The van der Waals surface area contributed by atoms with Gasteiger partial charge in [-0.3, -0.25) is 15.0 Å². The Balaban J connectivity index is 1.33. The topological polar surface area (TPSA) is 136 Å². The Bertz CT molecular complexity index is 1050. The fraction of sp³-hybridized carbons (Fsp3) is 0.500.